The van der Waals surface area contributed by atoms with Crippen LogP contribution in [0.2, 0.25) is 0 Å². The lowest BCUT2D eigenvalue weighted by atomic mass is 9.78. The van der Waals surface area contributed by atoms with E-state index in [4.69, 9.17) is 19.5 Å². The van der Waals surface area contributed by atoms with Gasteiger partial charge in [0.2, 0.25) is 5.91 Å². The number of ether oxygens (including phenoxy) is 3. The Morgan fingerprint density at radius 3 is 2.92 bits per heavy atom. The van der Waals surface area contributed by atoms with Gasteiger partial charge in [-0.2, -0.15) is 18.4 Å². The zero-order valence-electron chi connectivity index (χ0n) is 22.4. The number of nitriles is 1. The molecule has 2 amide bonds. The molecule has 1 saturated carbocycles. The molecule has 0 aromatic carbocycles. The van der Waals surface area contributed by atoms with E-state index in [2.05, 4.69) is 10.3 Å². The van der Waals surface area contributed by atoms with Crippen molar-refractivity contribution in [3.05, 3.63) is 29.1 Å². The molecule has 0 radical (unpaired) electrons. The van der Waals surface area contributed by atoms with E-state index in [1.807, 2.05) is 6.07 Å². The predicted molar refractivity (Wildman–Crippen MR) is 134 cm³/mol. The first-order valence-electron chi connectivity index (χ1n) is 13.6. The Bertz CT molecular complexity index is 1160. The molecule has 0 spiro atoms. The monoisotopic (exact) mass is 565 g/mol. The molecule has 5 atom stereocenters. The third kappa shape index (κ3) is 5.62. The fourth-order valence-electron chi connectivity index (χ4n) is 6.75. The standard InChI is InChI=1S/C27H34F3N5O5/c1-38-23-15-39-8-4-22(23)33-20-10-19-14-35(25(37)40-7-2-5-31)16-26(19,11-20)24(36)34-6-3-21-17(13-34)9-18(12-32-21)27(28,29)30/h9,12,19-20,22-23,33H,2-4,6-8,10-11,13-16H2,1H3/t19-,20+,22?,23?,26+/m1/s1. The van der Waals surface area contributed by atoms with Crippen LogP contribution in [0.25, 0.3) is 0 Å². The molecule has 3 fully saturated rings. The minimum atomic E-state index is -4.52. The maximum absolute atomic E-state index is 14.3. The maximum Gasteiger partial charge on any atom is 0.417 e. The number of fused-ring (bicyclic) bond motifs is 2. The molecule has 2 unspecified atom stereocenters. The highest BCUT2D eigenvalue weighted by molar-refractivity contribution is 5.86. The number of amides is 2. The molecule has 2 saturated heterocycles. The fraction of sp³-hybridized carbons (Fsp3) is 0.704. The first kappa shape index (κ1) is 28.6. The lowest BCUT2D eigenvalue weighted by Gasteiger charge is -2.37. The largest absolute Gasteiger partial charge is 0.448 e. The van der Waals surface area contributed by atoms with Crippen LogP contribution in [0.5, 0.6) is 0 Å². The SMILES string of the molecule is COC1COCCC1N[C@H]1C[C@@H]2CN(C(=O)OCCC#N)C[C@@]2(C(=O)N2CCc3ncc(C(F)(F)F)cc3C2)C1. The number of likely N-dealkylation sites (tertiary alicyclic amines) is 1. The quantitative estimate of drug-likeness (QED) is 0.523. The van der Waals surface area contributed by atoms with Gasteiger partial charge < -0.3 is 29.3 Å². The van der Waals surface area contributed by atoms with Crippen molar-refractivity contribution in [1.82, 2.24) is 20.1 Å². The molecule has 40 heavy (non-hydrogen) atoms. The number of hydrogen-bond donors (Lipinski definition) is 1. The van der Waals surface area contributed by atoms with Gasteiger partial charge in [-0.15, -0.1) is 0 Å². The zero-order valence-corrected chi connectivity index (χ0v) is 22.4. The zero-order chi connectivity index (χ0) is 28.5. The fourth-order valence-corrected chi connectivity index (χ4v) is 6.75. The molecule has 4 aliphatic rings. The average Bonchev–Trinajstić information content (AvgIpc) is 3.47. The van der Waals surface area contributed by atoms with E-state index >= 15 is 0 Å². The van der Waals surface area contributed by atoms with E-state index in [0.717, 1.165) is 18.7 Å². The molecule has 1 aliphatic carbocycles. The number of alkyl halides is 3. The van der Waals surface area contributed by atoms with Crippen LogP contribution in [-0.2, 0) is 38.1 Å². The Labute approximate surface area is 230 Å². The molecule has 13 heteroatoms. The van der Waals surface area contributed by atoms with Gasteiger partial charge in [-0.25, -0.2) is 4.79 Å². The van der Waals surface area contributed by atoms with Crippen molar-refractivity contribution in [2.75, 3.05) is 46.6 Å². The summed E-state index contributed by atoms with van der Waals surface area (Å²) in [6.07, 6.45) is -2.00. The van der Waals surface area contributed by atoms with E-state index in [0.29, 0.717) is 56.8 Å². The number of rotatable bonds is 6. The molecule has 5 rings (SSSR count). The van der Waals surface area contributed by atoms with Crippen LogP contribution >= 0.6 is 0 Å². The number of aromatic nitrogens is 1. The van der Waals surface area contributed by atoms with Crippen LogP contribution in [0.1, 0.15) is 42.5 Å². The van der Waals surface area contributed by atoms with Crippen LogP contribution < -0.4 is 5.32 Å². The summed E-state index contributed by atoms with van der Waals surface area (Å²) >= 11 is 0. The first-order chi connectivity index (χ1) is 19.1. The highest BCUT2D eigenvalue weighted by Gasteiger charge is 2.60. The molecular formula is C27H34F3N5O5. The number of carbonyl (C=O) groups is 2. The third-order valence-electron chi connectivity index (χ3n) is 8.71. The van der Waals surface area contributed by atoms with Gasteiger partial charge >= 0.3 is 12.3 Å². The predicted octanol–water partition coefficient (Wildman–Crippen LogP) is 2.51. The second-order valence-electron chi connectivity index (χ2n) is 11.1. The van der Waals surface area contributed by atoms with Gasteiger partial charge in [0, 0.05) is 70.3 Å². The van der Waals surface area contributed by atoms with E-state index in [1.54, 1.807) is 12.0 Å². The molecule has 10 nitrogen and oxygen atoms in total. The number of nitrogens with one attached hydrogen (secondary N) is 1. The van der Waals surface area contributed by atoms with Gasteiger partial charge in [-0.05, 0) is 36.8 Å². The van der Waals surface area contributed by atoms with E-state index in [-0.39, 0.29) is 56.1 Å². The molecule has 1 N–H and O–H groups in total. The summed E-state index contributed by atoms with van der Waals surface area (Å²) in [5.74, 6) is -0.310. The van der Waals surface area contributed by atoms with Crippen molar-refractivity contribution in [2.24, 2.45) is 11.3 Å². The molecular weight excluding hydrogens is 531 g/mol. The highest BCUT2D eigenvalue weighted by atomic mass is 19.4. The Morgan fingerprint density at radius 1 is 1.35 bits per heavy atom. The third-order valence-corrected chi connectivity index (χ3v) is 8.71. The summed E-state index contributed by atoms with van der Waals surface area (Å²) in [5, 5.41) is 12.4. The number of hydrogen-bond acceptors (Lipinski definition) is 8. The van der Waals surface area contributed by atoms with E-state index in [9.17, 15) is 22.8 Å². The van der Waals surface area contributed by atoms with Gasteiger partial charge in [-0.1, -0.05) is 0 Å². The Balaban J connectivity index is 1.36. The topological polar surface area (TPSA) is 117 Å². The summed E-state index contributed by atoms with van der Waals surface area (Å²) in [5.41, 5.74) is -0.771. The smallest absolute Gasteiger partial charge is 0.417 e. The summed E-state index contributed by atoms with van der Waals surface area (Å²) in [6, 6.07) is 3.09. The van der Waals surface area contributed by atoms with Gasteiger partial charge in [0.05, 0.1) is 36.2 Å². The minimum absolute atomic E-state index is 0.00188. The van der Waals surface area contributed by atoms with Gasteiger partial charge in [-0.3, -0.25) is 9.78 Å². The number of methoxy groups -OCH3 is 1. The van der Waals surface area contributed by atoms with Crippen LogP contribution in [0, 0.1) is 22.7 Å². The van der Waals surface area contributed by atoms with Crippen LogP contribution in [0.4, 0.5) is 18.0 Å². The average molecular weight is 566 g/mol. The second-order valence-corrected chi connectivity index (χ2v) is 11.1. The van der Waals surface area contributed by atoms with Crippen molar-refractivity contribution in [2.45, 2.75) is 63.0 Å². The number of halogens is 3. The Kier molecular flexibility index (Phi) is 8.22. The Morgan fingerprint density at radius 2 is 2.17 bits per heavy atom. The normalized spacial score (nSPS) is 30.0. The van der Waals surface area contributed by atoms with Crippen molar-refractivity contribution in [3.63, 3.8) is 0 Å². The first-order valence-corrected chi connectivity index (χ1v) is 13.6. The van der Waals surface area contributed by atoms with Crippen LogP contribution in [0.3, 0.4) is 0 Å². The second kappa shape index (κ2) is 11.5. The number of nitrogens with zero attached hydrogens (tertiary/aromatic N) is 4. The van der Waals surface area contributed by atoms with Gasteiger partial charge in [0.15, 0.2) is 0 Å². The molecule has 0 bridgehead atoms. The van der Waals surface area contributed by atoms with Crippen molar-refractivity contribution in [1.29, 1.82) is 5.26 Å². The maximum atomic E-state index is 14.3. The molecule has 1 aromatic heterocycles. The van der Waals surface area contributed by atoms with Crippen LogP contribution in [0.15, 0.2) is 12.3 Å². The molecule has 4 heterocycles. The summed E-state index contributed by atoms with van der Waals surface area (Å²) < 4.78 is 56.4. The van der Waals surface area contributed by atoms with Crippen molar-refractivity contribution >= 4 is 12.0 Å². The number of pyridine rings is 1. The lowest BCUT2D eigenvalue weighted by molar-refractivity contribution is -0.143. The molecule has 1 aromatic rings. The minimum Gasteiger partial charge on any atom is -0.448 e. The lowest BCUT2D eigenvalue weighted by Crippen LogP contribution is -2.52. The number of carbonyl (C=O) groups excluding carboxylic acids is 2. The summed E-state index contributed by atoms with van der Waals surface area (Å²) in [7, 11) is 1.64. The van der Waals surface area contributed by atoms with Crippen LogP contribution in [-0.4, -0.2) is 91.5 Å². The van der Waals surface area contributed by atoms with Crippen molar-refractivity contribution < 1.29 is 37.0 Å². The van der Waals surface area contributed by atoms with Gasteiger partial charge in [0.25, 0.3) is 0 Å². The molecule has 3 aliphatic heterocycles. The summed E-state index contributed by atoms with van der Waals surface area (Å²) in [6.45, 7) is 1.94. The van der Waals surface area contributed by atoms with E-state index < -0.39 is 23.2 Å². The Hall–Kier alpha value is -2.95. The summed E-state index contributed by atoms with van der Waals surface area (Å²) in [4.78, 5) is 34.2. The highest BCUT2D eigenvalue weighted by Crippen LogP contribution is 2.51. The van der Waals surface area contributed by atoms with Gasteiger partial charge in [0.1, 0.15) is 6.61 Å². The molecule has 218 valence electrons. The van der Waals surface area contributed by atoms with E-state index in [1.165, 1.54) is 4.90 Å². The van der Waals surface area contributed by atoms with Crippen molar-refractivity contribution in [3.8, 4) is 6.07 Å².